The molecule has 0 bridgehead atoms. The van der Waals surface area contributed by atoms with Gasteiger partial charge in [-0.1, -0.05) is 136 Å². The molecule has 5 rings (SSSR count). The highest BCUT2D eigenvalue weighted by Gasteiger charge is 2.29. The summed E-state index contributed by atoms with van der Waals surface area (Å²) in [5.41, 5.74) is 10.5. The summed E-state index contributed by atoms with van der Waals surface area (Å²) in [7, 11) is 0. The third-order valence-corrected chi connectivity index (χ3v) is 11.8. The minimum absolute atomic E-state index is 0.0521. The van der Waals surface area contributed by atoms with Crippen LogP contribution in [0.3, 0.4) is 0 Å². The fourth-order valence-electron chi connectivity index (χ4n) is 7.98. The summed E-state index contributed by atoms with van der Waals surface area (Å²) in [6.07, 6.45) is 9.24. The highest BCUT2D eigenvalue weighted by Crippen LogP contribution is 2.28. The number of unbranched alkanes of at least 4 members (excludes halogenated alkanes) is 5. The number of aliphatic carboxylic acids is 1. The Bertz CT molecular complexity index is 2430. The van der Waals surface area contributed by atoms with E-state index in [9.17, 15) is 44.3 Å². The second-order valence-corrected chi connectivity index (χ2v) is 17.4. The van der Waals surface area contributed by atoms with Crippen LogP contribution < -0.4 is 27.0 Å². The van der Waals surface area contributed by atoms with E-state index in [-0.39, 0.29) is 43.2 Å². The van der Waals surface area contributed by atoms with E-state index >= 15 is 0 Å². The quantitative estimate of drug-likeness (QED) is 0.0174. The lowest BCUT2D eigenvalue weighted by molar-refractivity contribution is -0.385. The number of phenols is 1. The first-order valence-corrected chi connectivity index (χ1v) is 23.5. The monoisotopic (exact) mass is 944 g/mol. The Kier molecular flexibility index (Phi) is 20.4. The number of hydrogen-bond donors (Lipinski definition) is 7. The van der Waals surface area contributed by atoms with Crippen molar-refractivity contribution in [2.45, 2.75) is 121 Å². The fraction of sp³-hybridized carbons (Fsp3) is 0.385. The SMILES string of the molecule is CCCCCCC(NC(=O)C(N)Cc1cn(C(c2ccccc2)c2ccccc2)cn1)C(=O)NCCCCCC(=O)NC(Cc1ccc(C)cc1)C(=O)NC(Cc1ccc(O)c([N+](=O)[O-])c1)C(=O)O. The number of nitrogens with zero attached hydrogens (tertiary/aromatic N) is 3. The zero-order valence-electron chi connectivity index (χ0n) is 39.2. The van der Waals surface area contributed by atoms with Crippen LogP contribution in [0.1, 0.15) is 104 Å². The molecular weight excluding hydrogens is 881 g/mol. The van der Waals surface area contributed by atoms with E-state index < -0.39 is 64.2 Å². The maximum atomic E-state index is 13.6. The smallest absolute Gasteiger partial charge is 0.326 e. The van der Waals surface area contributed by atoms with E-state index in [4.69, 9.17) is 5.73 Å². The number of rotatable bonds is 28. The second kappa shape index (κ2) is 26.8. The average molecular weight is 945 g/mol. The Morgan fingerprint density at radius 2 is 1.35 bits per heavy atom. The van der Waals surface area contributed by atoms with E-state index in [1.165, 1.54) is 6.07 Å². The molecule has 0 saturated heterocycles. The Balaban J connectivity index is 1.12. The van der Waals surface area contributed by atoms with Crippen LogP contribution in [0.2, 0.25) is 0 Å². The molecule has 1 aromatic heterocycles. The lowest BCUT2D eigenvalue weighted by Gasteiger charge is -2.22. The van der Waals surface area contributed by atoms with Crippen LogP contribution in [0.5, 0.6) is 5.75 Å². The van der Waals surface area contributed by atoms with E-state index in [2.05, 4.69) is 57.4 Å². The molecule has 17 heteroatoms. The van der Waals surface area contributed by atoms with Crippen molar-refractivity contribution in [1.82, 2.24) is 30.8 Å². The van der Waals surface area contributed by atoms with Crippen LogP contribution in [0.25, 0.3) is 0 Å². The summed E-state index contributed by atoms with van der Waals surface area (Å²) in [5, 5.41) is 42.1. The van der Waals surface area contributed by atoms with Crippen LogP contribution >= 0.6 is 0 Å². The molecule has 0 spiro atoms. The number of carboxylic acids is 1. The number of nitro benzene ring substituents is 1. The van der Waals surface area contributed by atoms with Gasteiger partial charge in [-0.2, -0.15) is 0 Å². The molecule has 1 heterocycles. The second-order valence-electron chi connectivity index (χ2n) is 17.4. The minimum Gasteiger partial charge on any atom is -0.502 e. The zero-order valence-corrected chi connectivity index (χ0v) is 39.2. The van der Waals surface area contributed by atoms with Crippen molar-refractivity contribution in [3.05, 3.63) is 159 Å². The largest absolute Gasteiger partial charge is 0.502 e. The summed E-state index contributed by atoms with van der Waals surface area (Å²) >= 11 is 0. The van der Waals surface area contributed by atoms with Crippen LogP contribution in [0.4, 0.5) is 5.69 Å². The Morgan fingerprint density at radius 1 is 0.725 bits per heavy atom. The number of aromatic hydroxyl groups is 1. The summed E-state index contributed by atoms with van der Waals surface area (Å²) in [5.74, 6) is -3.93. The van der Waals surface area contributed by atoms with Crippen LogP contribution in [0.15, 0.2) is 116 Å². The number of amides is 4. The molecule has 0 fully saturated rings. The molecule has 4 amide bonds. The maximum Gasteiger partial charge on any atom is 0.326 e. The van der Waals surface area contributed by atoms with Gasteiger partial charge in [0.05, 0.1) is 29.0 Å². The summed E-state index contributed by atoms with van der Waals surface area (Å²) in [4.78, 5) is 81.1. The predicted octanol–water partition coefficient (Wildman–Crippen LogP) is 5.98. The van der Waals surface area contributed by atoms with Gasteiger partial charge in [0, 0.05) is 44.5 Å². The summed E-state index contributed by atoms with van der Waals surface area (Å²) in [6, 6.07) is 26.4. The zero-order chi connectivity index (χ0) is 49.7. The molecule has 366 valence electrons. The average Bonchev–Trinajstić information content (AvgIpc) is 3.79. The molecule has 0 aliphatic heterocycles. The third kappa shape index (κ3) is 16.7. The van der Waals surface area contributed by atoms with Crippen LogP contribution in [-0.2, 0) is 43.2 Å². The first-order chi connectivity index (χ1) is 33.2. The highest BCUT2D eigenvalue weighted by atomic mass is 16.6. The Hall–Kier alpha value is -7.40. The van der Waals surface area contributed by atoms with Gasteiger partial charge in [0.15, 0.2) is 5.75 Å². The Morgan fingerprint density at radius 3 is 1.99 bits per heavy atom. The van der Waals surface area contributed by atoms with Gasteiger partial charge >= 0.3 is 11.7 Å². The molecule has 4 atom stereocenters. The third-order valence-electron chi connectivity index (χ3n) is 11.8. The van der Waals surface area contributed by atoms with Gasteiger partial charge in [0.25, 0.3) is 0 Å². The molecule has 17 nitrogen and oxygen atoms in total. The first-order valence-electron chi connectivity index (χ1n) is 23.5. The number of hydrogen-bond acceptors (Lipinski definition) is 10. The van der Waals surface area contributed by atoms with Gasteiger partial charge in [-0.3, -0.25) is 29.3 Å². The van der Waals surface area contributed by atoms with Crippen molar-refractivity contribution in [3.63, 3.8) is 0 Å². The first kappa shape index (κ1) is 52.6. The van der Waals surface area contributed by atoms with Gasteiger partial charge in [0.1, 0.15) is 18.1 Å². The van der Waals surface area contributed by atoms with E-state index in [0.717, 1.165) is 60.1 Å². The number of carbonyl (C=O) groups excluding carboxylic acids is 4. The van der Waals surface area contributed by atoms with E-state index in [0.29, 0.717) is 37.9 Å². The number of nitro groups is 1. The van der Waals surface area contributed by atoms with Crippen LogP contribution in [-0.4, -0.2) is 85.0 Å². The maximum absolute atomic E-state index is 13.6. The summed E-state index contributed by atoms with van der Waals surface area (Å²) in [6.45, 7) is 4.30. The number of nitrogens with two attached hydrogens (primary N) is 1. The fourth-order valence-corrected chi connectivity index (χ4v) is 7.98. The van der Waals surface area contributed by atoms with Crippen molar-refractivity contribution in [2.24, 2.45) is 5.73 Å². The molecule has 4 unspecified atom stereocenters. The topological polar surface area (TPSA) is 261 Å². The van der Waals surface area contributed by atoms with Gasteiger partial charge in [0.2, 0.25) is 23.6 Å². The number of aryl methyl sites for hydroxylation is 1. The molecule has 0 aliphatic rings. The van der Waals surface area contributed by atoms with Crippen molar-refractivity contribution in [3.8, 4) is 5.75 Å². The van der Waals surface area contributed by atoms with Crippen LogP contribution in [0, 0.1) is 17.0 Å². The molecule has 0 aliphatic carbocycles. The number of carbonyl (C=O) groups is 5. The molecule has 0 saturated carbocycles. The van der Waals surface area contributed by atoms with Gasteiger partial charge < -0.3 is 41.8 Å². The number of phenolic OH excluding ortho intramolecular Hbond substituents is 1. The normalized spacial score (nSPS) is 12.9. The van der Waals surface area contributed by atoms with Gasteiger partial charge in [-0.05, 0) is 54.5 Å². The highest BCUT2D eigenvalue weighted by molar-refractivity contribution is 5.91. The lowest BCUT2D eigenvalue weighted by atomic mass is 9.98. The number of carboxylic acid groups (broad SMARTS) is 1. The van der Waals surface area contributed by atoms with Crippen molar-refractivity contribution >= 4 is 35.3 Å². The lowest BCUT2D eigenvalue weighted by Crippen LogP contribution is -2.53. The molecule has 8 N–H and O–H groups in total. The molecular formula is C52H64N8O9. The number of nitrogens with one attached hydrogen (secondary N) is 4. The summed E-state index contributed by atoms with van der Waals surface area (Å²) < 4.78 is 2.01. The standard InChI is InChI=1S/C52H64N8O9/c1-3-4-5-13-20-42(57-49(63)41(53)32-40-33-59(34-55-40)48(38-16-9-6-10-17-38)39-18-11-7-12-19-39)50(64)54-28-15-8-14-21-47(62)56-43(29-36-24-22-35(2)23-25-36)51(65)58-44(52(66)67)30-37-26-27-46(61)45(31-37)60(68)69/h6-7,9-12,16-19,22-27,31,33-34,41-44,48,61H,3-5,8,13-15,20-21,28-30,32,53H2,1-2H3,(H,54,64)(H,56,62)(H,57,63)(H,58,65)(H,66,67). The molecule has 0 radical (unpaired) electrons. The Labute approximate surface area is 402 Å². The van der Waals surface area contributed by atoms with E-state index in [1.807, 2.05) is 66.2 Å². The van der Waals surface area contributed by atoms with Gasteiger partial charge in [-0.15, -0.1) is 0 Å². The molecule has 69 heavy (non-hydrogen) atoms. The van der Waals surface area contributed by atoms with Gasteiger partial charge in [-0.25, -0.2) is 9.78 Å². The van der Waals surface area contributed by atoms with Crippen molar-refractivity contribution < 1.29 is 39.1 Å². The number of imidazole rings is 1. The van der Waals surface area contributed by atoms with Crippen molar-refractivity contribution in [2.75, 3.05) is 6.54 Å². The van der Waals surface area contributed by atoms with Crippen molar-refractivity contribution in [1.29, 1.82) is 0 Å². The number of benzene rings is 4. The molecule has 5 aromatic rings. The van der Waals surface area contributed by atoms with E-state index in [1.54, 1.807) is 18.5 Å². The molecule has 4 aromatic carbocycles. The number of aromatic nitrogens is 2. The predicted molar refractivity (Wildman–Crippen MR) is 261 cm³/mol. The minimum atomic E-state index is -1.50.